The molecule has 0 bridgehead atoms. The number of ether oxygens (including phenoxy) is 6. The molecule has 0 spiro atoms. The molecule has 2 fully saturated rings. The minimum absolute atomic E-state index is 0.107. The molecule has 272 valence electrons. The van der Waals surface area contributed by atoms with Gasteiger partial charge in [-0.25, -0.2) is 9.59 Å². The van der Waals surface area contributed by atoms with Gasteiger partial charge in [0.2, 0.25) is 6.29 Å². The number of hydrogen-bond acceptors (Lipinski definition) is 8. The summed E-state index contributed by atoms with van der Waals surface area (Å²) in [5, 5.41) is 0. The van der Waals surface area contributed by atoms with E-state index in [-0.39, 0.29) is 30.0 Å². The summed E-state index contributed by atoms with van der Waals surface area (Å²) < 4.78 is 34.8. The molecule has 0 aromatic heterocycles. The Kier molecular flexibility index (Phi) is 10.8. The van der Waals surface area contributed by atoms with Crippen molar-refractivity contribution in [1.82, 2.24) is 0 Å². The van der Waals surface area contributed by atoms with Crippen molar-refractivity contribution >= 4 is 11.9 Å². The molecule has 52 heavy (non-hydrogen) atoms. The zero-order valence-electron chi connectivity index (χ0n) is 30.7. The van der Waals surface area contributed by atoms with Gasteiger partial charge in [-0.2, -0.15) is 0 Å². The molecule has 0 N–H and O–H groups in total. The Labute approximate surface area is 306 Å². The van der Waals surface area contributed by atoms with Crippen LogP contribution in [0.15, 0.2) is 110 Å². The highest BCUT2D eigenvalue weighted by Gasteiger charge is 2.43. The second-order valence-electron chi connectivity index (χ2n) is 15.1. The second kappa shape index (κ2) is 15.3. The molecular weight excluding hydrogens is 656 g/mol. The third kappa shape index (κ3) is 9.22. The van der Waals surface area contributed by atoms with E-state index in [1.54, 1.807) is 24.3 Å². The van der Waals surface area contributed by atoms with Crippen molar-refractivity contribution in [2.24, 2.45) is 0 Å². The van der Waals surface area contributed by atoms with Gasteiger partial charge in [0, 0.05) is 11.5 Å². The summed E-state index contributed by atoms with van der Waals surface area (Å²) in [5.41, 5.74) is 2.77. The van der Waals surface area contributed by atoms with Crippen LogP contribution in [0, 0.1) is 0 Å². The topological polar surface area (TPSA) is 92.8 Å². The Bertz CT molecular complexity index is 1830. The van der Waals surface area contributed by atoms with Crippen LogP contribution in [-0.4, -0.2) is 36.0 Å². The maximum absolute atomic E-state index is 12.9. The van der Waals surface area contributed by atoms with Gasteiger partial charge < -0.3 is 28.4 Å². The number of rotatable bonds is 13. The maximum Gasteiger partial charge on any atom is 0.343 e. The molecule has 1 saturated carbocycles. The summed E-state index contributed by atoms with van der Waals surface area (Å²) in [6.45, 7) is 13.2. The first kappa shape index (κ1) is 36.7. The number of benzene rings is 4. The van der Waals surface area contributed by atoms with Gasteiger partial charge in [0.1, 0.15) is 46.9 Å². The van der Waals surface area contributed by atoms with Crippen molar-refractivity contribution in [3.8, 4) is 23.0 Å². The Morgan fingerprint density at radius 1 is 0.731 bits per heavy atom. The van der Waals surface area contributed by atoms with Crippen LogP contribution in [0.5, 0.6) is 23.0 Å². The summed E-state index contributed by atoms with van der Waals surface area (Å²) in [6.07, 6.45) is 6.18. The highest BCUT2D eigenvalue weighted by molar-refractivity contribution is 5.91. The Morgan fingerprint density at radius 2 is 1.27 bits per heavy atom. The summed E-state index contributed by atoms with van der Waals surface area (Å²) in [7, 11) is 0. The van der Waals surface area contributed by atoms with Crippen molar-refractivity contribution in [2.75, 3.05) is 6.61 Å². The van der Waals surface area contributed by atoms with Crippen LogP contribution in [0.2, 0.25) is 0 Å². The number of hydrogen-bond donors (Lipinski definition) is 0. The first-order chi connectivity index (χ1) is 24.8. The third-order valence-corrected chi connectivity index (χ3v) is 9.28. The standard InChI is InChI=1S/C44H48O8/c1-7-38(45)47-29-43(5,6)52-37-19-11-30(12-20-37)39-41(50-39)49-35-25-17-33(18-26-35)44(27-9-8-10-28-44)32-15-23-34(24-16-32)48-40(46)31-13-21-36(22-14-31)51-42(2,3)4/h7,11-26,39,41H,1,8-10,27-29H2,2-6H3. The molecule has 1 aliphatic carbocycles. The normalized spacial score (nSPS) is 18.1. The fourth-order valence-corrected chi connectivity index (χ4v) is 6.71. The highest BCUT2D eigenvalue weighted by Crippen LogP contribution is 2.46. The lowest BCUT2D eigenvalue weighted by atomic mass is 9.65. The van der Waals surface area contributed by atoms with E-state index in [1.807, 2.05) is 83.1 Å². The smallest absolute Gasteiger partial charge is 0.343 e. The van der Waals surface area contributed by atoms with Gasteiger partial charge in [-0.1, -0.05) is 62.2 Å². The molecule has 4 aromatic carbocycles. The SMILES string of the molecule is C=CC(=O)OCC(C)(C)Oc1ccc(C2OC2Oc2ccc(C3(c4ccc(OC(=O)c5ccc(OC(C)(C)C)cc5)cc4)CCCCC3)cc2)cc1. The third-order valence-electron chi connectivity index (χ3n) is 9.28. The van der Waals surface area contributed by atoms with E-state index in [2.05, 4.69) is 30.8 Å². The van der Waals surface area contributed by atoms with E-state index in [0.29, 0.717) is 22.8 Å². The van der Waals surface area contributed by atoms with Crippen molar-refractivity contribution < 1.29 is 38.0 Å². The summed E-state index contributed by atoms with van der Waals surface area (Å²) in [5.74, 6) is 1.74. The van der Waals surface area contributed by atoms with Crippen LogP contribution < -0.4 is 18.9 Å². The lowest BCUT2D eigenvalue weighted by Crippen LogP contribution is -2.34. The molecule has 8 heteroatoms. The van der Waals surface area contributed by atoms with Crippen LogP contribution in [0.3, 0.4) is 0 Å². The Hall–Kier alpha value is -5.08. The van der Waals surface area contributed by atoms with Gasteiger partial charge in [0.15, 0.2) is 0 Å². The molecule has 1 saturated heterocycles. The van der Waals surface area contributed by atoms with Crippen LogP contribution in [-0.2, 0) is 19.7 Å². The monoisotopic (exact) mass is 704 g/mol. The molecular formula is C44H48O8. The van der Waals surface area contributed by atoms with Gasteiger partial charge in [0.05, 0.1) is 5.56 Å². The predicted molar refractivity (Wildman–Crippen MR) is 199 cm³/mol. The summed E-state index contributed by atoms with van der Waals surface area (Å²) in [6, 6.07) is 31.0. The van der Waals surface area contributed by atoms with Gasteiger partial charge >= 0.3 is 11.9 Å². The quantitative estimate of drug-likeness (QED) is 0.0588. The lowest BCUT2D eigenvalue weighted by molar-refractivity contribution is -0.142. The average Bonchev–Trinajstić information content (AvgIpc) is 3.90. The molecule has 8 nitrogen and oxygen atoms in total. The molecule has 2 atom stereocenters. The van der Waals surface area contributed by atoms with E-state index in [9.17, 15) is 9.59 Å². The van der Waals surface area contributed by atoms with Crippen LogP contribution in [0.4, 0.5) is 0 Å². The minimum atomic E-state index is -0.695. The fourth-order valence-electron chi connectivity index (χ4n) is 6.71. The van der Waals surface area contributed by atoms with Crippen molar-refractivity contribution in [3.63, 3.8) is 0 Å². The molecule has 6 rings (SSSR count). The first-order valence-corrected chi connectivity index (χ1v) is 18.0. The molecule has 2 aliphatic rings. The van der Waals surface area contributed by atoms with E-state index < -0.39 is 17.5 Å². The van der Waals surface area contributed by atoms with Gasteiger partial charge in [0.25, 0.3) is 0 Å². The van der Waals surface area contributed by atoms with Gasteiger partial charge in [-0.05, 0) is 125 Å². The molecule has 1 aliphatic heterocycles. The lowest BCUT2D eigenvalue weighted by Gasteiger charge is -2.38. The Balaban J connectivity index is 1.06. The van der Waals surface area contributed by atoms with Crippen molar-refractivity contribution in [1.29, 1.82) is 0 Å². The molecule has 0 amide bonds. The number of esters is 2. The Morgan fingerprint density at radius 3 is 1.85 bits per heavy atom. The van der Waals surface area contributed by atoms with E-state index in [4.69, 9.17) is 28.4 Å². The maximum atomic E-state index is 12.9. The predicted octanol–water partition coefficient (Wildman–Crippen LogP) is 9.70. The largest absolute Gasteiger partial charge is 0.488 e. The van der Waals surface area contributed by atoms with Crippen LogP contribution >= 0.6 is 0 Å². The van der Waals surface area contributed by atoms with Crippen LogP contribution in [0.1, 0.15) is 99.9 Å². The van der Waals surface area contributed by atoms with E-state index in [0.717, 1.165) is 43.1 Å². The zero-order chi connectivity index (χ0) is 36.9. The van der Waals surface area contributed by atoms with Gasteiger partial charge in [-0.3, -0.25) is 0 Å². The van der Waals surface area contributed by atoms with Gasteiger partial charge in [-0.15, -0.1) is 0 Å². The van der Waals surface area contributed by atoms with Crippen molar-refractivity contribution in [2.45, 2.75) is 95.7 Å². The number of epoxide rings is 1. The highest BCUT2D eigenvalue weighted by atomic mass is 16.8. The second-order valence-corrected chi connectivity index (χ2v) is 15.1. The summed E-state index contributed by atoms with van der Waals surface area (Å²) >= 11 is 0. The summed E-state index contributed by atoms with van der Waals surface area (Å²) in [4.78, 5) is 24.3. The first-order valence-electron chi connectivity index (χ1n) is 18.0. The minimum Gasteiger partial charge on any atom is -0.488 e. The molecule has 0 radical (unpaired) electrons. The average molecular weight is 705 g/mol. The van der Waals surface area contributed by atoms with E-state index in [1.165, 1.54) is 17.5 Å². The van der Waals surface area contributed by atoms with Crippen LogP contribution in [0.25, 0.3) is 0 Å². The molecule has 2 unspecified atom stereocenters. The number of carbonyl (C=O) groups excluding carboxylic acids is 2. The van der Waals surface area contributed by atoms with Crippen molar-refractivity contribution in [3.05, 3.63) is 132 Å². The molecule has 4 aromatic rings. The fraction of sp³-hybridized carbons (Fsp3) is 0.364. The molecule has 1 heterocycles. The zero-order valence-corrected chi connectivity index (χ0v) is 30.7. The van der Waals surface area contributed by atoms with E-state index >= 15 is 0 Å². The number of carbonyl (C=O) groups is 2.